The third-order valence-corrected chi connectivity index (χ3v) is 5.75. The van der Waals surface area contributed by atoms with Gasteiger partial charge in [0, 0.05) is 12.0 Å². The summed E-state index contributed by atoms with van der Waals surface area (Å²) < 4.78 is 4.17. The van der Waals surface area contributed by atoms with Crippen LogP contribution in [-0.4, -0.2) is 19.2 Å². The Balaban J connectivity index is 1.47. The van der Waals surface area contributed by atoms with Gasteiger partial charge in [0.2, 0.25) is 0 Å². The second-order valence-corrected chi connectivity index (χ2v) is 7.80. The smallest absolute Gasteiger partial charge is 0.146 e. The zero-order valence-corrected chi connectivity index (χ0v) is 16.4. The van der Waals surface area contributed by atoms with Crippen molar-refractivity contribution in [3.63, 3.8) is 0 Å². The van der Waals surface area contributed by atoms with Crippen molar-refractivity contribution < 1.29 is 5.11 Å². The molecule has 0 amide bonds. The first kappa shape index (κ1) is 17.0. The number of phenols is 1. The Hall–Kier alpha value is -3.92. The van der Waals surface area contributed by atoms with Gasteiger partial charge in [0.05, 0.1) is 0 Å². The van der Waals surface area contributed by atoms with Gasteiger partial charge in [-0.3, -0.25) is 0 Å². The monoisotopic (exact) mass is 391 g/mol. The van der Waals surface area contributed by atoms with Crippen molar-refractivity contribution in [3.8, 4) is 11.4 Å². The third kappa shape index (κ3) is 2.69. The van der Waals surface area contributed by atoms with Gasteiger partial charge < -0.3 is 5.11 Å². The van der Waals surface area contributed by atoms with Crippen LogP contribution in [0, 0.1) is 0 Å². The first-order valence-electron chi connectivity index (χ1n) is 10.2. The molecule has 0 unspecified atom stereocenters. The fraction of sp³-hybridized carbons (Fsp3) is 0.0769. The van der Waals surface area contributed by atoms with Crippen LogP contribution in [0.4, 0.5) is 0 Å². The largest absolute Gasteiger partial charge is 0.505 e. The van der Waals surface area contributed by atoms with Gasteiger partial charge in [-0.25, -0.2) is 0 Å². The number of hydrogen-bond acceptors (Lipinski definition) is 1. The molecule has 0 saturated carbocycles. The lowest BCUT2D eigenvalue weighted by atomic mass is 9.97. The number of aromatic hydroxyl groups is 1. The molecule has 6 aromatic rings. The number of rotatable bonds is 5. The summed E-state index contributed by atoms with van der Waals surface area (Å²) in [6.45, 7) is 0. The molecule has 0 spiro atoms. The van der Waals surface area contributed by atoms with Crippen LogP contribution in [0.3, 0.4) is 0 Å². The Bertz CT molecular complexity index is 1400. The summed E-state index contributed by atoms with van der Waals surface area (Å²) in [7, 11) is 0. The third-order valence-electron chi connectivity index (χ3n) is 5.75. The molecule has 0 atom stereocenters. The SMILES string of the molecule is Oc1c(Cc2ccccc2)cc(Cc2ccccc2)cc1-n1n2c3ccccc3n12. The number of nitrogens with zero attached hydrogens (tertiary/aromatic N) is 3. The summed E-state index contributed by atoms with van der Waals surface area (Å²) in [5, 5.41) is 11.2. The molecule has 2 aromatic heterocycles. The molecule has 2 heterocycles. The Morgan fingerprint density at radius 1 is 0.567 bits per heavy atom. The molecule has 0 radical (unpaired) electrons. The van der Waals surface area contributed by atoms with E-state index in [0.29, 0.717) is 12.2 Å². The molecule has 4 aromatic carbocycles. The summed E-state index contributed by atoms with van der Waals surface area (Å²) in [6.07, 6.45) is 1.53. The van der Waals surface area contributed by atoms with Crippen LogP contribution in [0.1, 0.15) is 22.3 Å². The van der Waals surface area contributed by atoms with Crippen LogP contribution in [0.25, 0.3) is 16.7 Å². The van der Waals surface area contributed by atoms with Crippen LogP contribution in [0.15, 0.2) is 97.1 Å². The van der Waals surface area contributed by atoms with Gasteiger partial charge in [-0.05, 0) is 41.3 Å². The van der Waals surface area contributed by atoms with Gasteiger partial charge in [0.15, 0.2) is 0 Å². The van der Waals surface area contributed by atoms with E-state index in [1.165, 1.54) is 16.7 Å². The zero-order valence-electron chi connectivity index (χ0n) is 16.4. The second kappa shape index (κ2) is 6.56. The minimum Gasteiger partial charge on any atom is -0.505 e. The Kier molecular flexibility index (Phi) is 3.71. The summed E-state index contributed by atoms with van der Waals surface area (Å²) >= 11 is 0. The number of fused-ring (bicyclic) bond motifs is 4. The lowest BCUT2D eigenvalue weighted by Gasteiger charge is -2.12. The molecule has 0 aliphatic rings. The van der Waals surface area contributed by atoms with E-state index in [1.807, 2.05) is 41.2 Å². The molecule has 0 fully saturated rings. The quantitative estimate of drug-likeness (QED) is 0.425. The molecule has 0 bridgehead atoms. The van der Waals surface area contributed by atoms with Gasteiger partial charge in [-0.2, -0.15) is 0 Å². The maximum absolute atomic E-state index is 11.2. The molecule has 4 heteroatoms. The van der Waals surface area contributed by atoms with Gasteiger partial charge in [-0.15, -0.1) is 14.1 Å². The molecule has 0 aliphatic heterocycles. The number of para-hydroxylation sites is 2. The van der Waals surface area contributed by atoms with Crippen LogP contribution in [0.2, 0.25) is 0 Å². The van der Waals surface area contributed by atoms with E-state index in [-0.39, 0.29) is 0 Å². The number of hydrogen-bond donors (Lipinski definition) is 1. The zero-order chi connectivity index (χ0) is 20.1. The highest BCUT2D eigenvalue weighted by atomic mass is 16.3. The molecular formula is C26H21N3O. The predicted octanol–water partition coefficient (Wildman–Crippen LogP) is 5.31. The molecule has 6 rings (SSSR count). The number of aromatic nitrogens is 3. The highest BCUT2D eigenvalue weighted by molar-refractivity contribution is 5.79. The molecular weight excluding hydrogens is 370 g/mol. The fourth-order valence-electron chi connectivity index (χ4n) is 4.28. The Morgan fingerprint density at radius 3 is 1.70 bits per heavy atom. The number of phenolic OH excluding ortho intramolecular Hbond substituents is 1. The maximum atomic E-state index is 11.2. The average Bonchev–Trinajstić information content (AvgIpc) is 3.44. The van der Waals surface area contributed by atoms with Crippen molar-refractivity contribution in [2.45, 2.75) is 12.8 Å². The van der Waals surface area contributed by atoms with Crippen molar-refractivity contribution in [3.05, 3.63) is 119 Å². The van der Waals surface area contributed by atoms with E-state index < -0.39 is 0 Å². The fourth-order valence-corrected chi connectivity index (χ4v) is 4.28. The van der Waals surface area contributed by atoms with Gasteiger partial charge in [0.25, 0.3) is 0 Å². The first-order chi connectivity index (χ1) is 14.8. The first-order valence-corrected chi connectivity index (χ1v) is 10.2. The van der Waals surface area contributed by atoms with Crippen molar-refractivity contribution in [1.29, 1.82) is 0 Å². The molecule has 4 nitrogen and oxygen atoms in total. The van der Waals surface area contributed by atoms with Crippen molar-refractivity contribution >= 4 is 11.0 Å². The van der Waals surface area contributed by atoms with E-state index in [9.17, 15) is 5.11 Å². The minimum atomic E-state index is 0.343. The van der Waals surface area contributed by atoms with Crippen LogP contribution < -0.4 is 0 Å². The maximum Gasteiger partial charge on any atom is 0.146 e. The van der Waals surface area contributed by atoms with Crippen LogP contribution in [0.5, 0.6) is 5.75 Å². The van der Waals surface area contributed by atoms with Crippen molar-refractivity contribution in [2.24, 2.45) is 0 Å². The summed E-state index contributed by atoms with van der Waals surface area (Å²) in [5.41, 5.74) is 7.74. The predicted molar refractivity (Wildman–Crippen MR) is 119 cm³/mol. The number of benzene rings is 4. The molecule has 0 saturated heterocycles. The van der Waals surface area contributed by atoms with E-state index in [0.717, 1.165) is 28.7 Å². The Labute approximate surface area is 174 Å². The lowest BCUT2D eigenvalue weighted by Crippen LogP contribution is -1.98. The summed E-state index contributed by atoms with van der Waals surface area (Å²) in [4.78, 5) is 2.04. The van der Waals surface area contributed by atoms with Gasteiger partial charge >= 0.3 is 0 Å². The minimum absolute atomic E-state index is 0.343. The highest BCUT2D eigenvalue weighted by Crippen LogP contribution is 2.35. The van der Waals surface area contributed by atoms with Crippen LogP contribution >= 0.6 is 0 Å². The average molecular weight is 391 g/mol. The van der Waals surface area contributed by atoms with E-state index in [4.69, 9.17) is 0 Å². The van der Waals surface area contributed by atoms with Crippen molar-refractivity contribution in [1.82, 2.24) is 14.1 Å². The topological polar surface area (TPSA) is 34.0 Å². The lowest BCUT2D eigenvalue weighted by molar-refractivity contribution is 0.465. The summed E-state index contributed by atoms with van der Waals surface area (Å²) in [5.74, 6) is 0.343. The van der Waals surface area contributed by atoms with Crippen LogP contribution in [-0.2, 0) is 12.8 Å². The van der Waals surface area contributed by atoms with Crippen molar-refractivity contribution in [2.75, 3.05) is 0 Å². The molecule has 146 valence electrons. The normalized spacial score (nSPS) is 11.7. The molecule has 0 aliphatic carbocycles. The standard InChI is InChI=1S/C26H21N3O/c30-26-22(16-20-11-5-2-6-12-20)17-21(15-19-9-3-1-4-10-19)18-25(26)29-27-23-13-7-8-14-24(23)28(27)29/h1-14,17-18,30H,15-16H2. The van der Waals surface area contributed by atoms with Gasteiger partial charge in [-0.1, -0.05) is 78.9 Å². The van der Waals surface area contributed by atoms with Gasteiger partial charge in [0.1, 0.15) is 22.5 Å². The van der Waals surface area contributed by atoms with E-state index in [1.54, 1.807) is 0 Å². The molecule has 1 N–H and O–H groups in total. The highest BCUT2D eigenvalue weighted by Gasteiger charge is 2.26. The van der Waals surface area contributed by atoms with E-state index >= 15 is 0 Å². The summed E-state index contributed by atoms with van der Waals surface area (Å²) in [6, 6.07) is 33.3. The van der Waals surface area contributed by atoms with E-state index in [2.05, 4.69) is 69.9 Å². The Morgan fingerprint density at radius 2 is 1.10 bits per heavy atom. The second-order valence-electron chi connectivity index (χ2n) is 7.80. The molecule has 30 heavy (non-hydrogen) atoms.